The van der Waals surface area contributed by atoms with Crippen LogP contribution in [0.3, 0.4) is 0 Å². The monoisotopic (exact) mass is 468 g/mol. The zero-order chi connectivity index (χ0) is 24.9. The fourth-order valence-corrected chi connectivity index (χ4v) is 3.93. The number of aryl methyl sites for hydroxylation is 1. The number of aromatic hydroxyl groups is 1. The highest BCUT2D eigenvalue weighted by Crippen LogP contribution is 2.33. The summed E-state index contributed by atoms with van der Waals surface area (Å²) in [7, 11) is 0. The second kappa shape index (κ2) is 14.5. The molecule has 2 rings (SSSR count). The Kier molecular flexibility index (Phi) is 11.8. The number of benzene rings is 1. The Morgan fingerprint density at radius 2 is 1.82 bits per heavy atom. The minimum atomic E-state index is -0.249. The molecule has 1 aromatic heterocycles. The Bertz CT molecular complexity index is 1030. The summed E-state index contributed by atoms with van der Waals surface area (Å²) < 4.78 is 7.56. The number of hydrogen-bond donors (Lipinski definition) is 2. The number of allylic oxidation sites excluding steroid dienone is 3. The molecule has 0 aliphatic carbocycles. The van der Waals surface area contributed by atoms with Crippen molar-refractivity contribution in [3.8, 4) is 11.5 Å². The maximum Gasteiger partial charge on any atom is 0.297 e. The molecule has 0 saturated heterocycles. The van der Waals surface area contributed by atoms with Crippen LogP contribution in [0.5, 0.6) is 11.5 Å². The van der Waals surface area contributed by atoms with E-state index in [1.54, 1.807) is 4.57 Å². The Balaban J connectivity index is 2.24. The van der Waals surface area contributed by atoms with Gasteiger partial charge < -0.3 is 19.7 Å². The number of pyridine rings is 1. The molecule has 0 aliphatic rings. The van der Waals surface area contributed by atoms with Crippen molar-refractivity contribution in [3.63, 3.8) is 0 Å². The van der Waals surface area contributed by atoms with E-state index in [1.165, 1.54) is 11.1 Å². The van der Waals surface area contributed by atoms with Crippen LogP contribution < -0.4 is 15.6 Å². The molecule has 0 radical (unpaired) electrons. The Morgan fingerprint density at radius 3 is 2.53 bits per heavy atom. The van der Waals surface area contributed by atoms with Crippen LogP contribution in [0.2, 0.25) is 0 Å². The number of fused-ring (bicyclic) bond motifs is 1. The number of unbranched alkanes of at least 4 members (excludes halogenated alkanes) is 4. The Labute approximate surface area is 205 Å². The molecule has 188 valence electrons. The van der Waals surface area contributed by atoms with Gasteiger partial charge in [-0.25, -0.2) is 0 Å². The zero-order valence-corrected chi connectivity index (χ0v) is 21.9. The molecule has 5 heteroatoms. The van der Waals surface area contributed by atoms with Crippen molar-refractivity contribution in [3.05, 3.63) is 51.9 Å². The smallest absolute Gasteiger partial charge is 0.297 e. The lowest BCUT2D eigenvalue weighted by Gasteiger charge is -2.16. The predicted octanol–water partition coefficient (Wildman–Crippen LogP) is 7.57. The largest absolute Gasteiger partial charge is 0.504 e. The van der Waals surface area contributed by atoms with Gasteiger partial charge in [-0.1, -0.05) is 62.8 Å². The van der Waals surface area contributed by atoms with E-state index in [9.17, 15) is 9.90 Å². The van der Waals surface area contributed by atoms with E-state index >= 15 is 0 Å². The van der Waals surface area contributed by atoms with Gasteiger partial charge in [0, 0.05) is 24.2 Å². The number of rotatable bonds is 15. The molecular formula is C29H44N2O3. The van der Waals surface area contributed by atoms with Crippen molar-refractivity contribution in [1.29, 1.82) is 0 Å². The van der Waals surface area contributed by atoms with Crippen LogP contribution in [0.15, 0.2) is 46.3 Å². The fraction of sp³-hybridized carbons (Fsp3) is 0.552. The first-order valence-electron chi connectivity index (χ1n) is 12.9. The summed E-state index contributed by atoms with van der Waals surface area (Å²) in [6.45, 7) is 12.4. The van der Waals surface area contributed by atoms with Crippen LogP contribution in [0.25, 0.3) is 10.9 Å². The van der Waals surface area contributed by atoms with Crippen molar-refractivity contribution in [1.82, 2.24) is 4.57 Å². The summed E-state index contributed by atoms with van der Waals surface area (Å²) >= 11 is 0. The average Bonchev–Trinajstić information content (AvgIpc) is 2.80. The lowest BCUT2D eigenvalue weighted by atomic mass is 10.1. The van der Waals surface area contributed by atoms with Gasteiger partial charge >= 0.3 is 0 Å². The number of aromatic nitrogens is 1. The Morgan fingerprint density at radius 1 is 1.06 bits per heavy atom. The first-order valence-corrected chi connectivity index (χ1v) is 12.9. The van der Waals surface area contributed by atoms with E-state index in [2.05, 4.69) is 52.1 Å². The first kappa shape index (κ1) is 27.6. The van der Waals surface area contributed by atoms with E-state index in [0.29, 0.717) is 18.5 Å². The summed E-state index contributed by atoms with van der Waals surface area (Å²) in [6.07, 6.45) is 12.7. The molecule has 0 aliphatic heterocycles. The van der Waals surface area contributed by atoms with Crippen molar-refractivity contribution < 1.29 is 9.84 Å². The van der Waals surface area contributed by atoms with Gasteiger partial charge in [0.25, 0.3) is 5.56 Å². The second-order valence-corrected chi connectivity index (χ2v) is 9.38. The van der Waals surface area contributed by atoms with Crippen molar-refractivity contribution in [2.24, 2.45) is 0 Å². The molecule has 2 aromatic rings. The minimum Gasteiger partial charge on any atom is -0.504 e. The highest BCUT2D eigenvalue weighted by atomic mass is 16.5. The first-order chi connectivity index (χ1) is 16.4. The zero-order valence-electron chi connectivity index (χ0n) is 21.9. The number of anilines is 1. The number of hydrogen-bond acceptors (Lipinski definition) is 4. The standard InChI is InChI=1S/C29H44N2O3/c1-6-8-10-11-20-34-28-27(32)25-16-15-24(21-26(25)31(29(28)33)19-9-7-2)30-18-17-23(5)14-12-13-22(3)4/h13,15-17,21,30,32H,6-12,14,18-20H2,1-5H3/b23-17+. The van der Waals surface area contributed by atoms with E-state index < -0.39 is 0 Å². The summed E-state index contributed by atoms with van der Waals surface area (Å²) in [5, 5.41) is 15.0. The fourth-order valence-electron chi connectivity index (χ4n) is 3.93. The third-order valence-corrected chi connectivity index (χ3v) is 6.03. The van der Waals surface area contributed by atoms with Gasteiger partial charge in [0.05, 0.1) is 12.1 Å². The van der Waals surface area contributed by atoms with Crippen LogP contribution in [-0.4, -0.2) is 22.8 Å². The number of nitrogens with zero attached hydrogens (tertiary/aromatic N) is 1. The van der Waals surface area contributed by atoms with Gasteiger partial charge in [0.15, 0.2) is 5.75 Å². The van der Waals surface area contributed by atoms with Gasteiger partial charge in [-0.15, -0.1) is 0 Å². The van der Waals surface area contributed by atoms with Gasteiger partial charge in [-0.3, -0.25) is 4.79 Å². The molecule has 34 heavy (non-hydrogen) atoms. The number of ether oxygens (including phenoxy) is 1. The molecule has 0 bridgehead atoms. The quantitative estimate of drug-likeness (QED) is 0.209. The molecular weight excluding hydrogens is 424 g/mol. The SMILES string of the molecule is CCCCCCOc1c(O)c2ccc(NC/C=C(\C)CCC=C(C)C)cc2n(CCCC)c1=O. The highest BCUT2D eigenvalue weighted by molar-refractivity contribution is 5.90. The van der Waals surface area contributed by atoms with Crippen molar-refractivity contribution >= 4 is 16.6 Å². The molecule has 0 atom stereocenters. The van der Waals surface area contributed by atoms with Crippen molar-refractivity contribution in [2.75, 3.05) is 18.5 Å². The molecule has 2 N–H and O–H groups in total. The van der Waals surface area contributed by atoms with E-state index in [0.717, 1.165) is 69.1 Å². The second-order valence-electron chi connectivity index (χ2n) is 9.38. The third-order valence-electron chi connectivity index (χ3n) is 6.03. The normalized spacial score (nSPS) is 11.6. The Hall–Kier alpha value is -2.69. The summed E-state index contributed by atoms with van der Waals surface area (Å²) in [6, 6.07) is 5.79. The van der Waals surface area contributed by atoms with E-state index in [1.807, 2.05) is 18.2 Å². The van der Waals surface area contributed by atoms with Gasteiger partial charge in [0.2, 0.25) is 5.75 Å². The topological polar surface area (TPSA) is 63.5 Å². The number of nitrogens with one attached hydrogen (secondary N) is 1. The molecule has 0 fully saturated rings. The lowest BCUT2D eigenvalue weighted by Crippen LogP contribution is -2.23. The molecule has 1 aromatic carbocycles. The predicted molar refractivity (Wildman–Crippen MR) is 145 cm³/mol. The molecule has 0 spiro atoms. The van der Waals surface area contributed by atoms with Crippen molar-refractivity contribution in [2.45, 2.75) is 92.5 Å². The molecule has 0 saturated carbocycles. The lowest BCUT2D eigenvalue weighted by molar-refractivity contribution is 0.284. The van der Waals surface area contributed by atoms with E-state index in [-0.39, 0.29) is 17.1 Å². The third kappa shape index (κ3) is 8.27. The van der Waals surface area contributed by atoms with Crippen LogP contribution in [0.1, 0.15) is 86.0 Å². The summed E-state index contributed by atoms with van der Waals surface area (Å²) in [4.78, 5) is 13.2. The molecule has 0 unspecified atom stereocenters. The molecule has 1 heterocycles. The van der Waals surface area contributed by atoms with Gasteiger partial charge in [0.1, 0.15) is 0 Å². The summed E-state index contributed by atoms with van der Waals surface area (Å²) in [5.41, 5.74) is 4.12. The summed E-state index contributed by atoms with van der Waals surface area (Å²) in [5.74, 6) is 0.0283. The minimum absolute atomic E-state index is 0.0511. The maximum atomic E-state index is 13.2. The molecule has 0 amide bonds. The van der Waals surface area contributed by atoms with E-state index in [4.69, 9.17) is 4.74 Å². The average molecular weight is 469 g/mol. The maximum absolute atomic E-state index is 13.2. The van der Waals surface area contributed by atoms with Crippen LogP contribution in [0, 0.1) is 0 Å². The van der Waals surface area contributed by atoms with Crippen LogP contribution >= 0.6 is 0 Å². The molecule has 5 nitrogen and oxygen atoms in total. The highest BCUT2D eigenvalue weighted by Gasteiger charge is 2.18. The van der Waals surface area contributed by atoms with Gasteiger partial charge in [-0.05, 0) is 64.7 Å². The van der Waals surface area contributed by atoms with Gasteiger partial charge in [-0.2, -0.15) is 0 Å². The van der Waals surface area contributed by atoms with Crippen LogP contribution in [0.4, 0.5) is 5.69 Å². The van der Waals surface area contributed by atoms with Crippen LogP contribution in [-0.2, 0) is 6.54 Å².